The lowest BCUT2D eigenvalue weighted by Gasteiger charge is -2.15. The fourth-order valence-corrected chi connectivity index (χ4v) is 3.79. The van der Waals surface area contributed by atoms with Gasteiger partial charge in [-0.25, -0.2) is 9.37 Å². The first-order valence-electron chi connectivity index (χ1n) is 8.45. The predicted molar refractivity (Wildman–Crippen MR) is 105 cm³/mol. The number of fused-ring (bicyclic) bond motifs is 1. The van der Waals surface area contributed by atoms with E-state index in [1.165, 1.54) is 16.7 Å². The summed E-state index contributed by atoms with van der Waals surface area (Å²) >= 11 is 1.36. The molecule has 2 heterocycles. The van der Waals surface area contributed by atoms with Crippen LogP contribution in [0.25, 0.3) is 21.3 Å². The number of anilines is 1. The summed E-state index contributed by atoms with van der Waals surface area (Å²) in [7, 11) is 0. The van der Waals surface area contributed by atoms with Crippen LogP contribution in [0, 0.1) is 12.7 Å². The summed E-state index contributed by atoms with van der Waals surface area (Å²) in [5, 5.41) is 23.4. The van der Waals surface area contributed by atoms with Crippen LogP contribution in [0.3, 0.4) is 0 Å². The summed E-state index contributed by atoms with van der Waals surface area (Å²) in [5.74, 6) is 0.422. The summed E-state index contributed by atoms with van der Waals surface area (Å²) in [5.41, 5.74) is 3.17. The number of aromatic nitrogens is 3. The Balaban J connectivity index is 1.60. The minimum absolute atomic E-state index is 0.0883. The largest absolute Gasteiger partial charge is 0.508 e. The number of benzene rings is 2. The van der Waals surface area contributed by atoms with Crippen LogP contribution < -0.4 is 5.32 Å². The second kappa shape index (κ2) is 6.92. The molecule has 0 fully saturated rings. The second-order valence-corrected chi connectivity index (χ2v) is 7.24. The topological polar surface area (TPSA) is 70.9 Å². The number of phenolic OH excluding ortho intramolecular Hbond substituents is 1. The highest BCUT2D eigenvalue weighted by atomic mass is 32.1. The van der Waals surface area contributed by atoms with E-state index in [1.54, 1.807) is 24.3 Å². The smallest absolute Gasteiger partial charge is 0.243 e. The first kappa shape index (κ1) is 17.4. The molecular weight excluding hydrogens is 363 g/mol. The van der Waals surface area contributed by atoms with E-state index in [9.17, 15) is 9.50 Å². The molecule has 0 aliphatic rings. The van der Waals surface area contributed by atoms with Crippen LogP contribution >= 0.6 is 11.3 Å². The minimum Gasteiger partial charge on any atom is -0.508 e. The first-order chi connectivity index (χ1) is 13.0. The number of halogens is 1. The zero-order chi connectivity index (χ0) is 19.0. The molecule has 1 atom stereocenters. The van der Waals surface area contributed by atoms with Crippen LogP contribution in [0.5, 0.6) is 5.75 Å². The van der Waals surface area contributed by atoms with E-state index in [1.807, 2.05) is 32.0 Å². The van der Waals surface area contributed by atoms with Gasteiger partial charge >= 0.3 is 0 Å². The normalized spacial score (nSPS) is 12.3. The first-order valence-corrected chi connectivity index (χ1v) is 9.33. The molecular formula is C20H17FN4OS. The molecule has 1 unspecified atom stereocenters. The van der Waals surface area contributed by atoms with Gasteiger partial charge in [0.2, 0.25) is 5.95 Å². The standard InChI is InChI=1S/C20H17FN4OS/c1-11(13-4-3-5-15(26)8-13)22-20-23-12(2)19(24-25-20)14-6-7-16-17(21)10-27-18(16)9-14/h3-11,26H,1-2H3,(H,22,23,25). The number of aryl methyl sites for hydroxylation is 1. The number of aromatic hydroxyl groups is 1. The van der Waals surface area contributed by atoms with E-state index >= 15 is 0 Å². The van der Waals surface area contributed by atoms with Crippen molar-refractivity contribution >= 4 is 27.4 Å². The van der Waals surface area contributed by atoms with Crippen LogP contribution in [-0.2, 0) is 0 Å². The van der Waals surface area contributed by atoms with E-state index in [0.29, 0.717) is 17.0 Å². The summed E-state index contributed by atoms with van der Waals surface area (Å²) in [4.78, 5) is 4.50. The van der Waals surface area contributed by atoms with E-state index < -0.39 is 0 Å². The molecule has 0 amide bonds. The fraction of sp³-hybridized carbons (Fsp3) is 0.150. The average molecular weight is 380 g/mol. The molecule has 0 aliphatic carbocycles. The van der Waals surface area contributed by atoms with E-state index in [2.05, 4.69) is 20.5 Å². The van der Waals surface area contributed by atoms with Crippen molar-refractivity contribution in [3.63, 3.8) is 0 Å². The molecule has 136 valence electrons. The molecule has 0 saturated heterocycles. The lowest BCUT2D eigenvalue weighted by molar-refractivity contribution is 0.474. The molecule has 7 heteroatoms. The number of phenols is 1. The number of rotatable bonds is 4. The maximum atomic E-state index is 13.6. The Labute approximate surface area is 159 Å². The monoisotopic (exact) mass is 380 g/mol. The molecule has 4 aromatic rings. The summed E-state index contributed by atoms with van der Waals surface area (Å²) in [6.45, 7) is 3.83. The van der Waals surface area contributed by atoms with Crippen molar-refractivity contribution in [1.29, 1.82) is 0 Å². The Morgan fingerprint density at radius 1 is 1.15 bits per heavy atom. The zero-order valence-electron chi connectivity index (χ0n) is 14.8. The molecule has 0 radical (unpaired) electrons. The quantitative estimate of drug-likeness (QED) is 0.517. The van der Waals surface area contributed by atoms with Gasteiger partial charge in [0.15, 0.2) is 0 Å². The highest BCUT2D eigenvalue weighted by Gasteiger charge is 2.13. The predicted octanol–water partition coefficient (Wildman–Crippen LogP) is 5.08. The maximum absolute atomic E-state index is 13.6. The Hall–Kier alpha value is -3.06. The van der Waals surface area contributed by atoms with Crippen LogP contribution in [0.15, 0.2) is 47.8 Å². The fourth-order valence-electron chi connectivity index (χ4n) is 2.95. The number of nitrogens with zero attached hydrogens (tertiary/aromatic N) is 3. The number of hydrogen-bond donors (Lipinski definition) is 2. The highest BCUT2D eigenvalue weighted by Crippen LogP contribution is 2.30. The van der Waals surface area contributed by atoms with Crippen LogP contribution in [0.1, 0.15) is 24.2 Å². The van der Waals surface area contributed by atoms with Gasteiger partial charge in [-0.3, -0.25) is 0 Å². The number of hydrogen-bond acceptors (Lipinski definition) is 6. The van der Waals surface area contributed by atoms with Gasteiger partial charge in [-0.1, -0.05) is 18.2 Å². The lowest BCUT2D eigenvalue weighted by Crippen LogP contribution is -2.11. The summed E-state index contributed by atoms with van der Waals surface area (Å²) in [6, 6.07) is 12.4. The molecule has 0 saturated carbocycles. The molecule has 4 rings (SSSR count). The second-order valence-electron chi connectivity index (χ2n) is 6.33. The van der Waals surface area contributed by atoms with Crippen LogP contribution in [0.4, 0.5) is 10.3 Å². The molecule has 0 spiro atoms. The van der Waals surface area contributed by atoms with Crippen molar-refractivity contribution in [2.45, 2.75) is 19.9 Å². The molecule has 0 bridgehead atoms. The summed E-state index contributed by atoms with van der Waals surface area (Å²) < 4.78 is 14.5. The van der Waals surface area contributed by atoms with Crippen molar-refractivity contribution in [1.82, 2.24) is 15.2 Å². The van der Waals surface area contributed by atoms with E-state index in [4.69, 9.17) is 0 Å². The Bertz CT molecular complexity index is 1130. The number of thiophene rings is 1. The van der Waals surface area contributed by atoms with Crippen LogP contribution in [-0.4, -0.2) is 20.3 Å². The third-order valence-electron chi connectivity index (χ3n) is 4.38. The van der Waals surface area contributed by atoms with Gasteiger partial charge in [0, 0.05) is 21.0 Å². The van der Waals surface area contributed by atoms with E-state index in [0.717, 1.165) is 21.5 Å². The van der Waals surface area contributed by atoms with Gasteiger partial charge in [-0.2, -0.15) is 0 Å². The molecule has 2 N–H and O–H groups in total. The third-order valence-corrected chi connectivity index (χ3v) is 5.30. The van der Waals surface area contributed by atoms with Crippen molar-refractivity contribution in [2.24, 2.45) is 0 Å². The van der Waals surface area contributed by atoms with Gasteiger partial charge in [-0.15, -0.1) is 21.5 Å². The van der Waals surface area contributed by atoms with Crippen molar-refractivity contribution < 1.29 is 9.50 Å². The zero-order valence-corrected chi connectivity index (χ0v) is 15.6. The summed E-state index contributed by atoms with van der Waals surface area (Å²) in [6.07, 6.45) is 0. The van der Waals surface area contributed by atoms with Crippen LogP contribution in [0.2, 0.25) is 0 Å². The lowest BCUT2D eigenvalue weighted by atomic mass is 10.1. The Morgan fingerprint density at radius 2 is 2.00 bits per heavy atom. The Morgan fingerprint density at radius 3 is 2.78 bits per heavy atom. The highest BCUT2D eigenvalue weighted by molar-refractivity contribution is 7.17. The van der Waals surface area contributed by atoms with Gasteiger partial charge in [0.1, 0.15) is 17.3 Å². The van der Waals surface area contributed by atoms with E-state index in [-0.39, 0.29) is 17.6 Å². The Kier molecular flexibility index (Phi) is 4.45. The molecule has 2 aromatic heterocycles. The van der Waals surface area contributed by atoms with Gasteiger partial charge < -0.3 is 10.4 Å². The molecule has 2 aromatic carbocycles. The maximum Gasteiger partial charge on any atom is 0.243 e. The van der Waals surface area contributed by atoms with Gasteiger partial charge in [-0.05, 0) is 43.7 Å². The molecule has 27 heavy (non-hydrogen) atoms. The SMILES string of the molecule is Cc1nc(NC(C)c2cccc(O)c2)nnc1-c1ccc2c(F)csc2c1. The molecule has 5 nitrogen and oxygen atoms in total. The van der Waals surface area contributed by atoms with Gasteiger partial charge in [0.05, 0.1) is 11.7 Å². The molecule has 0 aliphatic heterocycles. The third kappa shape index (κ3) is 3.46. The average Bonchev–Trinajstić information content (AvgIpc) is 3.02. The van der Waals surface area contributed by atoms with Gasteiger partial charge in [0.25, 0.3) is 0 Å². The minimum atomic E-state index is -0.206. The van der Waals surface area contributed by atoms with Crippen molar-refractivity contribution in [2.75, 3.05) is 5.32 Å². The number of nitrogens with one attached hydrogen (secondary N) is 1. The van der Waals surface area contributed by atoms with Crippen molar-refractivity contribution in [3.8, 4) is 17.0 Å². The van der Waals surface area contributed by atoms with Crippen molar-refractivity contribution in [3.05, 3.63) is 64.9 Å².